The third-order valence-electron chi connectivity index (χ3n) is 15.6. The van der Waals surface area contributed by atoms with Crippen molar-refractivity contribution >= 4 is 72.4 Å². The van der Waals surface area contributed by atoms with Gasteiger partial charge in [0.1, 0.15) is 17.3 Å². The molecule has 13 rings (SSSR count). The van der Waals surface area contributed by atoms with Gasteiger partial charge in [0, 0.05) is 63.8 Å². The number of aromatic nitrogens is 3. The fraction of sp³-hybridized carbons (Fsp3) is 0.167. The highest BCUT2D eigenvalue weighted by Gasteiger charge is 2.40. The lowest BCUT2D eigenvalue weighted by Crippen LogP contribution is -2.17. The first-order valence-electron chi connectivity index (χ1n) is 27.2. The minimum atomic E-state index is -0.0752. The van der Waals surface area contributed by atoms with Gasteiger partial charge in [-0.1, -0.05) is 165 Å². The molecular weight excluding hydrogens is 951 g/mol. The first-order chi connectivity index (χ1) is 37.5. The van der Waals surface area contributed by atoms with Crippen molar-refractivity contribution in [2.24, 2.45) is 0 Å². The summed E-state index contributed by atoms with van der Waals surface area (Å²) in [5.74, 6) is 2.31. The SMILES string of the molecule is CC(C)(C)c1cc([N+]2=C=[N+](c3cccc(Oc4ccc5c6cc(-n7c8ccccc8c8ccccc87)ccc6n(-c6cc(C(C)(C)C)ccn6)c5c4)c3)c3cccc(-c4cccc(-c5ccccc5)c4)c32)cc(C(C)(C)C)c1. The van der Waals surface area contributed by atoms with Gasteiger partial charge in [0.15, 0.2) is 0 Å². The van der Waals surface area contributed by atoms with Crippen molar-refractivity contribution in [2.45, 2.75) is 78.6 Å². The highest BCUT2D eigenvalue weighted by molar-refractivity contribution is 6.12. The van der Waals surface area contributed by atoms with Crippen molar-refractivity contribution in [3.8, 4) is 45.3 Å². The summed E-state index contributed by atoms with van der Waals surface area (Å²) in [5, 5.41) is 4.73. The Morgan fingerprint density at radius 1 is 0.397 bits per heavy atom. The molecule has 0 atom stereocenters. The van der Waals surface area contributed by atoms with E-state index in [-0.39, 0.29) is 16.2 Å². The minimum absolute atomic E-state index is 0.0674. The van der Waals surface area contributed by atoms with Gasteiger partial charge in [-0.15, -0.1) is 0 Å². The number of ether oxygens (including phenoxy) is 1. The van der Waals surface area contributed by atoms with Gasteiger partial charge in [0.2, 0.25) is 11.4 Å². The molecule has 0 radical (unpaired) electrons. The lowest BCUT2D eigenvalue weighted by atomic mass is 9.80. The smallest absolute Gasteiger partial charge is 0.457 e. The first kappa shape index (κ1) is 48.5. The van der Waals surface area contributed by atoms with Crippen molar-refractivity contribution in [2.75, 3.05) is 0 Å². The fourth-order valence-electron chi connectivity index (χ4n) is 11.3. The van der Waals surface area contributed by atoms with E-state index >= 15 is 0 Å². The number of fused-ring (bicyclic) bond motifs is 7. The number of hydrogen-bond donors (Lipinski definition) is 0. The van der Waals surface area contributed by atoms with E-state index in [4.69, 9.17) is 9.72 Å². The molecule has 0 N–H and O–H groups in total. The summed E-state index contributed by atoms with van der Waals surface area (Å²) in [4.78, 5) is 5.04. The zero-order valence-corrected chi connectivity index (χ0v) is 45.9. The maximum absolute atomic E-state index is 6.98. The zero-order valence-electron chi connectivity index (χ0n) is 45.9. The Hall–Kier alpha value is -9.09. The van der Waals surface area contributed by atoms with Crippen LogP contribution in [-0.4, -0.2) is 20.1 Å². The van der Waals surface area contributed by atoms with Crippen LogP contribution < -0.4 is 13.9 Å². The number of nitrogens with zero attached hydrogens (tertiary/aromatic N) is 5. The average molecular weight is 1010 g/mol. The van der Waals surface area contributed by atoms with Crippen molar-refractivity contribution in [3.63, 3.8) is 0 Å². The van der Waals surface area contributed by atoms with Crippen LogP contribution in [0.4, 0.5) is 22.7 Å². The Kier molecular flexibility index (Phi) is 11.4. The predicted molar refractivity (Wildman–Crippen MR) is 327 cm³/mol. The number of hydrogen-bond acceptors (Lipinski definition) is 2. The van der Waals surface area contributed by atoms with Crippen molar-refractivity contribution in [1.82, 2.24) is 23.3 Å². The quantitative estimate of drug-likeness (QED) is 0.142. The summed E-state index contributed by atoms with van der Waals surface area (Å²) in [7, 11) is 0. The summed E-state index contributed by atoms with van der Waals surface area (Å²) in [5.41, 5.74) is 17.8. The highest BCUT2D eigenvalue weighted by atomic mass is 16.5. The number of para-hydroxylation sites is 3. The lowest BCUT2D eigenvalue weighted by Gasteiger charge is -2.24. The Morgan fingerprint density at radius 2 is 1.01 bits per heavy atom. The van der Waals surface area contributed by atoms with E-state index in [0.29, 0.717) is 5.75 Å². The van der Waals surface area contributed by atoms with E-state index < -0.39 is 0 Å². The molecule has 1 aliphatic rings. The molecule has 0 unspecified atom stereocenters. The van der Waals surface area contributed by atoms with Crippen LogP contribution in [0, 0.1) is 0 Å². The molecular formula is C72H63N5O+2. The summed E-state index contributed by atoms with van der Waals surface area (Å²) >= 11 is 0. The fourth-order valence-corrected chi connectivity index (χ4v) is 11.3. The number of rotatable bonds is 8. The van der Waals surface area contributed by atoms with Gasteiger partial charge in [-0.2, -0.15) is 0 Å². The van der Waals surface area contributed by atoms with Crippen LogP contribution in [0.25, 0.3) is 77.4 Å². The number of pyridine rings is 1. The number of benzene rings is 9. The Morgan fingerprint density at radius 3 is 1.73 bits per heavy atom. The molecule has 3 aromatic heterocycles. The zero-order chi connectivity index (χ0) is 53.7. The average Bonchev–Trinajstić information content (AvgIpc) is 4.33. The molecule has 0 fully saturated rings. The van der Waals surface area contributed by atoms with Gasteiger partial charge in [0.05, 0.1) is 33.7 Å². The third-order valence-corrected chi connectivity index (χ3v) is 15.6. The Labute approximate surface area is 457 Å². The van der Waals surface area contributed by atoms with Crippen molar-refractivity contribution in [3.05, 3.63) is 235 Å². The van der Waals surface area contributed by atoms with E-state index in [1.165, 1.54) is 49.6 Å². The van der Waals surface area contributed by atoms with Crippen LogP contribution in [-0.2, 0) is 16.2 Å². The molecule has 0 spiro atoms. The maximum atomic E-state index is 6.98. The lowest BCUT2D eigenvalue weighted by molar-refractivity contribution is 0.483. The second-order valence-electron chi connectivity index (χ2n) is 24.0. The Balaban J connectivity index is 0.952. The van der Waals surface area contributed by atoms with E-state index in [2.05, 4.69) is 293 Å². The first-order valence-corrected chi connectivity index (χ1v) is 27.2. The van der Waals surface area contributed by atoms with Crippen LogP contribution in [0.2, 0.25) is 0 Å². The third kappa shape index (κ3) is 8.50. The molecule has 9 aromatic carbocycles. The molecule has 6 heteroatoms. The topological polar surface area (TPSA) is 38.0 Å². The standard InChI is InChI=1S/C72H63N5O/c1-70(2,3)50-36-37-73-68(42-50)77-65-35-32-54(76-63-29-15-13-26-59(63)60-27-14-16-30-64(60)76)44-62(65)61-34-33-57(45-67(61)77)78-56-25-18-24-53(43-56)74-46-75(55-40-51(71(4,5)6)39-52(41-55)72(7,8)9)69-58(28-19-31-66(69)74)49-23-17-22-48(38-49)47-20-11-10-12-21-47/h10-45H,1-9H3/q+2. The summed E-state index contributed by atoms with van der Waals surface area (Å²) in [6, 6.07) is 80.6. The van der Waals surface area contributed by atoms with Crippen LogP contribution in [0.15, 0.2) is 219 Å². The predicted octanol–water partition coefficient (Wildman–Crippen LogP) is 19.2. The van der Waals surface area contributed by atoms with E-state index in [9.17, 15) is 0 Å². The minimum Gasteiger partial charge on any atom is -0.457 e. The van der Waals surface area contributed by atoms with Crippen molar-refractivity contribution in [1.29, 1.82) is 0 Å². The summed E-state index contributed by atoms with van der Waals surface area (Å²) < 4.78 is 16.1. The van der Waals surface area contributed by atoms with Gasteiger partial charge in [0.25, 0.3) is 5.69 Å². The normalized spacial score (nSPS) is 12.9. The van der Waals surface area contributed by atoms with Gasteiger partial charge < -0.3 is 9.30 Å². The molecule has 1 aliphatic heterocycles. The molecule has 4 heterocycles. The molecule has 0 amide bonds. The van der Waals surface area contributed by atoms with E-state index in [0.717, 1.165) is 72.9 Å². The molecule has 0 bridgehead atoms. The second kappa shape index (κ2) is 18.3. The molecule has 0 saturated heterocycles. The van der Waals surface area contributed by atoms with Gasteiger partial charge in [-0.25, -0.2) is 4.98 Å². The summed E-state index contributed by atoms with van der Waals surface area (Å²) in [6.45, 7) is 20.5. The molecule has 380 valence electrons. The van der Waals surface area contributed by atoms with Crippen LogP contribution in [0.1, 0.15) is 79.0 Å². The van der Waals surface area contributed by atoms with Crippen LogP contribution in [0.3, 0.4) is 0 Å². The van der Waals surface area contributed by atoms with E-state index in [1.54, 1.807) is 0 Å². The molecule has 0 saturated carbocycles. The second-order valence-corrected chi connectivity index (χ2v) is 24.0. The molecule has 12 aromatic rings. The van der Waals surface area contributed by atoms with E-state index in [1.807, 2.05) is 12.3 Å². The van der Waals surface area contributed by atoms with Gasteiger partial charge in [-0.05, 0) is 132 Å². The molecule has 78 heavy (non-hydrogen) atoms. The molecule has 6 nitrogen and oxygen atoms in total. The monoisotopic (exact) mass is 1010 g/mol. The van der Waals surface area contributed by atoms with Crippen LogP contribution >= 0.6 is 0 Å². The van der Waals surface area contributed by atoms with Crippen molar-refractivity contribution < 1.29 is 4.74 Å². The van der Waals surface area contributed by atoms with Gasteiger partial charge in [-0.3, -0.25) is 4.57 Å². The van der Waals surface area contributed by atoms with Gasteiger partial charge >= 0.3 is 11.7 Å². The summed E-state index contributed by atoms with van der Waals surface area (Å²) in [6.07, 6.45) is 1.94. The molecule has 0 aliphatic carbocycles. The highest BCUT2D eigenvalue weighted by Crippen LogP contribution is 2.46. The van der Waals surface area contributed by atoms with Crippen LogP contribution in [0.5, 0.6) is 11.5 Å². The maximum Gasteiger partial charge on any atom is 0.503 e. The largest absolute Gasteiger partial charge is 0.503 e. The Bertz CT molecular complexity index is 4360.